The van der Waals surface area contributed by atoms with Crippen LogP contribution in [0.2, 0.25) is 0 Å². The Labute approximate surface area is 99.5 Å². The van der Waals surface area contributed by atoms with Crippen molar-refractivity contribution in [1.29, 1.82) is 0 Å². The van der Waals surface area contributed by atoms with E-state index in [1.54, 1.807) is 6.07 Å². The fraction of sp³-hybridized carbons (Fsp3) is 0.333. The summed E-state index contributed by atoms with van der Waals surface area (Å²) in [6.07, 6.45) is 6.35. The number of benzene rings is 1. The van der Waals surface area contributed by atoms with Crippen LogP contribution in [0.3, 0.4) is 0 Å². The molecule has 0 radical (unpaired) electrons. The molecule has 0 aliphatic heterocycles. The largest absolute Gasteiger partial charge is 0.496 e. The van der Waals surface area contributed by atoms with E-state index in [0.29, 0.717) is 25.2 Å². The lowest BCUT2D eigenvalue weighted by Gasteiger charge is -2.07. The quantitative estimate of drug-likeness (QED) is 0.329. The summed E-state index contributed by atoms with van der Waals surface area (Å²) in [7, 11) is 1.45. The average molecular weight is 235 g/mol. The Bertz CT molecular complexity index is 437. The number of nitro benzene ring substituents is 1. The molecule has 1 aromatic rings. The minimum Gasteiger partial charge on any atom is -0.496 e. The van der Waals surface area contributed by atoms with Gasteiger partial charge in [0.15, 0.2) is 5.75 Å². The van der Waals surface area contributed by atoms with E-state index in [1.807, 2.05) is 0 Å². The van der Waals surface area contributed by atoms with E-state index in [9.17, 15) is 10.1 Å². The minimum atomic E-state index is -0.501. The maximum atomic E-state index is 10.8. The molecule has 0 saturated carbocycles. The Morgan fingerprint density at radius 3 is 2.88 bits per heavy atom. The fourth-order valence-corrected chi connectivity index (χ4v) is 1.25. The monoisotopic (exact) mass is 235 g/mol. The zero-order valence-corrected chi connectivity index (χ0v) is 9.51. The summed E-state index contributed by atoms with van der Waals surface area (Å²) in [6.45, 7) is 0.359. The highest BCUT2D eigenvalue weighted by molar-refractivity contribution is 5.50. The highest BCUT2D eigenvalue weighted by atomic mass is 16.6. The molecule has 0 aliphatic rings. The lowest BCUT2D eigenvalue weighted by molar-refractivity contribution is -0.385. The molecule has 17 heavy (non-hydrogen) atoms. The van der Waals surface area contributed by atoms with Gasteiger partial charge < -0.3 is 9.47 Å². The van der Waals surface area contributed by atoms with Crippen molar-refractivity contribution in [3.8, 4) is 23.8 Å². The number of nitrogens with zero attached hydrogens (tertiary/aromatic N) is 1. The van der Waals surface area contributed by atoms with Crippen molar-refractivity contribution >= 4 is 5.69 Å². The van der Waals surface area contributed by atoms with Gasteiger partial charge in [0, 0.05) is 6.42 Å². The summed E-state index contributed by atoms with van der Waals surface area (Å²) in [5.41, 5.74) is -0.106. The summed E-state index contributed by atoms with van der Waals surface area (Å²) in [5, 5.41) is 10.8. The number of ether oxygens (including phenoxy) is 2. The summed E-state index contributed by atoms with van der Waals surface area (Å²) in [6, 6.07) is 4.47. The van der Waals surface area contributed by atoms with Crippen molar-refractivity contribution < 1.29 is 14.4 Å². The van der Waals surface area contributed by atoms with Gasteiger partial charge in [-0.1, -0.05) is 0 Å². The molecule has 0 spiro atoms. The molecule has 0 saturated heterocycles. The maximum Gasteiger partial charge on any atom is 0.314 e. The van der Waals surface area contributed by atoms with Gasteiger partial charge in [-0.3, -0.25) is 10.1 Å². The van der Waals surface area contributed by atoms with Gasteiger partial charge >= 0.3 is 5.69 Å². The Morgan fingerprint density at radius 2 is 2.29 bits per heavy atom. The molecule has 1 aromatic carbocycles. The van der Waals surface area contributed by atoms with Crippen LogP contribution in [0.5, 0.6) is 11.5 Å². The average Bonchev–Trinajstić information content (AvgIpc) is 2.34. The first-order chi connectivity index (χ1) is 8.19. The second kappa shape index (κ2) is 6.38. The van der Waals surface area contributed by atoms with E-state index in [0.717, 1.165) is 0 Å². The van der Waals surface area contributed by atoms with Gasteiger partial charge in [0.2, 0.25) is 0 Å². The van der Waals surface area contributed by atoms with Crippen molar-refractivity contribution in [1.82, 2.24) is 0 Å². The Balaban J connectivity index is 2.77. The zero-order valence-electron chi connectivity index (χ0n) is 9.51. The molecule has 0 aromatic heterocycles. The van der Waals surface area contributed by atoms with Gasteiger partial charge in [0.25, 0.3) is 0 Å². The van der Waals surface area contributed by atoms with Gasteiger partial charge in [0.05, 0.1) is 24.7 Å². The van der Waals surface area contributed by atoms with Gasteiger partial charge in [-0.2, -0.15) is 0 Å². The Kier molecular flexibility index (Phi) is 4.82. The van der Waals surface area contributed by atoms with Crippen LogP contribution in [-0.4, -0.2) is 18.6 Å². The molecular weight excluding hydrogens is 222 g/mol. The van der Waals surface area contributed by atoms with Crippen LogP contribution >= 0.6 is 0 Å². The molecule has 0 heterocycles. The number of hydrogen-bond donors (Lipinski definition) is 0. The molecule has 0 bridgehead atoms. The lowest BCUT2D eigenvalue weighted by Crippen LogP contribution is -2.00. The summed E-state index contributed by atoms with van der Waals surface area (Å²) in [5.74, 6) is 3.13. The fourth-order valence-electron chi connectivity index (χ4n) is 1.25. The highest BCUT2D eigenvalue weighted by Gasteiger charge is 2.16. The van der Waals surface area contributed by atoms with Crippen LogP contribution < -0.4 is 9.47 Å². The molecule has 1 rings (SSSR count). The molecule has 0 fully saturated rings. The SMILES string of the molecule is C#CCCCOc1ccc(OC)cc1[N+](=O)[O-]. The zero-order chi connectivity index (χ0) is 12.7. The first kappa shape index (κ1) is 12.8. The molecule has 90 valence electrons. The number of rotatable bonds is 6. The third-order valence-corrected chi connectivity index (χ3v) is 2.09. The Morgan fingerprint density at radius 1 is 1.53 bits per heavy atom. The van der Waals surface area contributed by atoms with E-state index in [1.165, 1.54) is 19.2 Å². The van der Waals surface area contributed by atoms with E-state index in [-0.39, 0.29) is 11.4 Å². The van der Waals surface area contributed by atoms with E-state index >= 15 is 0 Å². The van der Waals surface area contributed by atoms with E-state index in [4.69, 9.17) is 15.9 Å². The van der Waals surface area contributed by atoms with Gasteiger partial charge in [-0.25, -0.2) is 0 Å². The molecule has 0 aliphatic carbocycles. The third kappa shape index (κ3) is 3.68. The number of hydrogen-bond acceptors (Lipinski definition) is 4. The van der Waals surface area contributed by atoms with Crippen molar-refractivity contribution in [2.45, 2.75) is 12.8 Å². The third-order valence-electron chi connectivity index (χ3n) is 2.09. The van der Waals surface area contributed by atoms with Crippen LogP contribution in [-0.2, 0) is 0 Å². The van der Waals surface area contributed by atoms with Crippen molar-refractivity contribution in [3.05, 3.63) is 28.3 Å². The lowest BCUT2D eigenvalue weighted by atomic mass is 10.2. The Hall–Kier alpha value is -2.22. The standard InChI is InChI=1S/C12H13NO4/c1-3-4-5-8-17-12-7-6-10(16-2)9-11(12)13(14)15/h1,6-7,9H,4-5,8H2,2H3. The highest BCUT2D eigenvalue weighted by Crippen LogP contribution is 2.31. The summed E-state index contributed by atoms with van der Waals surface area (Å²) in [4.78, 5) is 10.3. The van der Waals surface area contributed by atoms with E-state index in [2.05, 4.69) is 5.92 Å². The predicted molar refractivity (Wildman–Crippen MR) is 63.2 cm³/mol. The van der Waals surface area contributed by atoms with E-state index < -0.39 is 4.92 Å². The molecule has 0 N–H and O–H groups in total. The topological polar surface area (TPSA) is 61.6 Å². The van der Waals surface area contributed by atoms with Crippen LogP contribution in [0.4, 0.5) is 5.69 Å². The summed E-state index contributed by atoms with van der Waals surface area (Å²) < 4.78 is 10.2. The maximum absolute atomic E-state index is 10.8. The second-order valence-electron chi connectivity index (χ2n) is 3.25. The van der Waals surface area contributed by atoms with Gasteiger partial charge in [-0.15, -0.1) is 12.3 Å². The molecule has 0 atom stereocenters. The first-order valence-corrected chi connectivity index (χ1v) is 5.07. The van der Waals surface area contributed by atoms with Crippen LogP contribution in [0.25, 0.3) is 0 Å². The molecular formula is C12H13NO4. The second-order valence-corrected chi connectivity index (χ2v) is 3.25. The van der Waals surface area contributed by atoms with Crippen LogP contribution in [0, 0.1) is 22.5 Å². The molecule has 0 amide bonds. The van der Waals surface area contributed by atoms with Crippen LogP contribution in [0.15, 0.2) is 18.2 Å². The number of unbranched alkanes of at least 4 members (excludes halogenated alkanes) is 1. The van der Waals surface area contributed by atoms with Crippen LogP contribution in [0.1, 0.15) is 12.8 Å². The number of methoxy groups -OCH3 is 1. The predicted octanol–water partition coefficient (Wildman–Crippen LogP) is 2.40. The first-order valence-electron chi connectivity index (χ1n) is 5.07. The minimum absolute atomic E-state index is 0.106. The van der Waals surface area contributed by atoms with Gasteiger partial charge in [-0.05, 0) is 18.6 Å². The normalized spacial score (nSPS) is 9.41. The number of nitro groups is 1. The van der Waals surface area contributed by atoms with Crippen molar-refractivity contribution in [2.24, 2.45) is 0 Å². The van der Waals surface area contributed by atoms with Gasteiger partial charge in [0.1, 0.15) is 5.75 Å². The smallest absolute Gasteiger partial charge is 0.314 e. The molecule has 5 nitrogen and oxygen atoms in total. The summed E-state index contributed by atoms with van der Waals surface area (Å²) >= 11 is 0. The molecule has 0 unspecified atom stereocenters. The van der Waals surface area contributed by atoms with Crippen molar-refractivity contribution in [2.75, 3.05) is 13.7 Å². The number of terminal acetylenes is 1. The molecule has 5 heteroatoms. The van der Waals surface area contributed by atoms with Crippen molar-refractivity contribution in [3.63, 3.8) is 0 Å².